The Bertz CT molecular complexity index is 1350. The molecule has 8 heteroatoms. The Morgan fingerprint density at radius 1 is 1.15 bits per heavy atom. The number of carbonyl (C=O) groups excluding carboxylic acids is 1. The summed E-state index contributed by atoms with van der Waals surface area (Å²) in [6.07, 6.45) is 2.75. The molecular formula is C32H39BrN4O2S. The maximum Gasteiger partial charge on any atom is 0.270 e. The van der Waals surface area contributed by atoms with Gasteiger partial charge in [-0.05, 0) is 62.9 Å². The van der Waals surface area contributed by atoms with Crippen LogP contribution in [0.25, 0.3) is 11.3 Å². The molecule has 0 spiro atoms. The van der Waals surface area contributed by atoms with Crippen LogP contribution in [0.3, 0.4) is 0 Å². The second-order valence-corrected chi connectivity index (χ2v) is 15.0. The molecule has 0 saturated carbocycles. The van der Waals surface area contributed by atoms with Crippen molar-refractivity contribution in [3.05, 3.63) is 87.5 Å². The van der Waals surface area contributed by atoms with Gasteiger partial charge in [0.05, 0.1) is 18.3 Å². The molecular weight excluding hydrogens is 584 g/mol. The van der Waals surface area contributed by atoms with E-state index in [-0.39, 0.29) is 22.7 Å². The fourth-order valence-electron chi connectivity index (χ4n) is 5.79. The van der Waals surface area contributed by atoms with Gasteiger partial charge in [0.15, 0.2) is 0 Å². The molecule has 212 valence electrons. The van der Waals surface area contributed by atoms with Crippen molar-refractivity contribution in [2.75, 3.05) is 13.1 Å². The number of rotatable bonds is 8. The number of carbonyl (C=O) groups is 1. The number of hydrogen-bond acceptors (Lipinski definition) is 5. The van der Waals surface area contributed by atoms with Gasteiger partial charge < -0.3 is 9.87 Å². The van der Waals surface area contributed by atoms with Crippen LogP contribution in [0.5, 0.6) is 0 Å². The molecule has 2 aliphatic rings. The maximum absolute atomic E-state index is 13.7. The van der Waals surface area contributed by atoms with E-state index >= 15 is 0 Å². The molecule has 5 rings (SSSR count). The number of likely N-dealkylation sites (tertiary alicyclic amines) is 1. The zero-order valence-corrected chi connectivity index (χ0v) is 26.2. The molecule has 1 saturated heterocycles. The lowest BCUT2D eigenvalue weighted by molar-refractivity contribution is 0.0932. The number of benzene rings is 2. The molecule has 1 amide bonds. The molecule has 2 aromatic carbocycles. The quantitative estimate of drug-likeness (QED) is 0.285. The van der Waals surface area contributed by atoms with Gasteiger partial charge in [-0.2, -0.15) is 0 Å². The summed E-state index contributed by atoms with van der Waals surface area (Å²) in [5.41, 5.74) is 5.63. The first kappa shape index (κ1) is 29.3. The van der Waals surface area contributed by atoms with Gasteiger partial charge in [0.2, 0.25) is 0 Å². The molecule has 1 unspecified atom stereocenters. The fraction of sp³-hybridized carbons (Fsp3) is 0.438. The van der Waals surface area contributed by atoms with Gasteiger partial charge in [-0.15, -0.1) is 4.31 Å². The average Bonchev–Trinajstić information content (AvgIpc) is 3.52. The maximum atomic E-state index is 13.7. The third-order valence-corrected chi connectivity index (χ3v) is 9.99. The predicted octanol–water partition coefficient (Wildman–Crippen LogP) is 6.63. The summed E-state index contributed by atoms with van der Waals surface area (Å²) in [6, 6.07) is 20.5. The lowest BCUT2D eigenvalue weighted by Gasteiger charge is -2.33. The molecule has 0 bridgehead atoms. The summed E-state index contributed by atoms with van der Waals surface area (Å²) >= 11 is 2.42. The second-order valence-electron chi connectivity index (χ2n) is 11.9. The van der Waals surface area contributed by atoms with E-state index in [1.807, 2.05) is 51.1 Å². The summed E-state index contributed by atoms with van der Waals surface area (Å²) in [5.74, 6) is -0.145. The van der Waals surface area contributed by atoms with Crippen LogP contribution in [0.15, 0.2) is 65.1 Å². The first-order valence-electron chi connectivity index (χ1n) is 14.2. The van der Waals surface area contributed by atoms with Gasteiger partial charge in [0.25, 0.3) is 5.91 Å². The summed E-state index contributed by atoms with van der Waals surface area (Å²) in [4.78, 5) is 21.0. The molecule has 1 N–H and O–H groups in total. The average molecular weight is 624 g/mol. The summed E-state index contributed by atoms with van der Waals surface area (Å²) < 4.78 is 16.3. The van der Waals surface area contributed by atoms with Crippen molar-refractivity contribution in [2.24, 2.45) is 0 Å². The Balaban J connectivity index is 1.43. The first-order valence-corrected chi connectivity index (χ1v) is 16.1. The minimum absolute atomic E-state index is 0.0139. The van der Waals surface area contributed by atoms with E-state index in [1.54, 1.807) is 0 Å². The lowest BCUT2D eigenvalue weighted by Crippen LogP contribution is -2.42. The van der Waals surface area contributed by atoms with E-state index in [9.17, 15) is 9.35 Å². The van der Waals surface area contributed by atoms with Crippen molar-refractivity contribution in [3.8, 4) is 11.3 Å². The van der Waals surface area contributed by atoms with E-state index in [4.69, 9.17) is 4.98 Å². The van der Waals surface area contributed by atoms with Crippen LogP contribution in [0, 0.1) is 0 Å². The Morgan fingerprint density at radius 3 is 2.62 bits per heavy atom. The topological polar surface area (TPSA) is 71.5 Å². The van der Waals surface area contributed by atoms with Crippen molar-refractivity contribution < 1.29 is 9.35 Å². The molecule has 3 atom stereocenters. The first-order chi connectivity index (χ1) is 19.1. The third-order valence-electron chi connectivity index (χ3n) is 7.64. The SMILES string of the molecule is CCC[C@@H]1c2c(cc(C(=O)N[C@@H]3CCN(Cc4ccccc4)C3)nc2-c2cccc(Br)c2)CN1[S+]([O-])C(C)(C)C. The molecule has 2 aliphatic heterocycles. The highest BCUT2D eigenvalue weighted by Gasteiger charge is 2.44. The number of hydrogen-bond donors (Lipinski definition) is 1. The molecule has 40 heavy (non-hydrogen) atoms. The number of pyridine rings is 1. The van der Waals surface area contributed by atoms with Crippen molar-refractivity contribution in [3.63, 3.8) is 0 Å². The molecule has 0 aliphatic carbocycles. The normalized spacial score (nSPS) is 20.4. The Labute approximate surface area is 250 Å². The van der Waals surface area contributed by atoms with Crippen LogP contribution in [0.1, 0.15) is 80.2 Å². The predicted molar refractivity (Wildman–Crippen MR) is 166 cm³/mol. The van der Waals surface area contributed by atoms with Crippen LogP contribution >= 0.6 is 15.9 Å². The van der Waals surface area contributed by atoms with E-state index in [2.05, 4.69) is 67.7 Å². The summed E-state index contributed by atoms with van der Waals surface area (Å²) in [5, 5.41) is 3.26. The number of nitrogens with one attached hydrogen (secondary N) is 1. The molecule has 1 aromatic heterocycles. The highest BCUT2D eigenvalue weighted by atomic mass is 79.9. The largest absolute Gasteiger partial charge is 0.597 e. The smallest absolute Gasteiger partial charge is 0.270 e. The Morgan fingerprint density at radius 2 is 1.93 bits per heavy atom. The Hall–Kier alpha value is -2.23. The molecule has 6 nitrogen and oxygen atoms in total. The monoisotopic (exact) mass is 622 g/mol. The second kappa shape index (κ2) is 12.3. The zero-order chi connectivity index (χ0) is 28.4. The van der Waals surface area contributed by atoms with Crippen LogP contribution < -0.4 is 5.32 Å². The minimum atomic E-state index is -1.19. The highest BCUT2D eigenvalue weighted by molar-refractivity contribution is 9.10. The van der Waals surface area contributed by atoms with Crippen LogP contribution in [0.4, 0.5) is 0 Å². The number of fused-ring (bicyclic) bond motifs is 1. The molecule has 3 heterocycles. The number of aromatic nitrogens is 1. The number of nitrogens with zero attached hydrogens (tertiary/aromatic N) is 3. The summed E-state index contributed by atoms with van der Waals surface area (Å²) in [6.45, 7) is 11.4. The highest BCUT2D eigenvalue weighted by Crippen LogP contribution is 2.45. The van der Waals surface area contributed by atoms with Crippen molar-refractivity contribution in [1.82, 2.24) is 19.5 Å². The molecule has 1 fully saturated rings. The van der Waals surface area contributed by atoms with Gasteiger partial charge in [0, 0.05) is 52.6 Å². The summed E-state index contributed by atoms with van der Waals surface area (Å²) in [7, 11) is 0. The van der Waals surface area contributed by atoms with E-state index in [1.165, 1.54) is 5.56 Å². The van der Waals surface area contributed by atoms with E-state index < -0.39 is 11.4 Å². The Kier molecular flexibility index (Phi) is 9.02. The standard InChI is InChI=1S/C32H39BrN4O2S/c1-5-10-28-29-24(20-37(28)40(39)32(2,3)4)18-27(35-30(29)23-13-9-14-25(33)17-23)31(38)34-26-15-16-36(21-26)19-22-11-7-6-8-12-22/h6-9,11-14,17-18,26,28H,5,10,15-16,19-21H2,1-4H3,(H,34,38)/t26-,28-,40?/m1/s1. The molecule has 0 radical (unpaired) electrons. The van der Waals surface area contributed by atoms with Gasteiger partial charge in [-0.1, -0.05) is 71.7 Å². The van der Waals surface area contributed by atoms with Crippen LogP contribution in [-0.2, 0) is 24.5 Å². The van der Waals surface area contributed by atoms with Crippen LogP contribution in [-0.4, -0.2) is 48.5 Å². The van der Waals surface area contributed by atoms with Gasteiger partial charge in [-0.3, -0.25) is 9.69 Å². The van der Waals surface area contributed by atoms with Gasteiger partial charge >= 0.3 is 0 Å². The number of halogens is 1. The fourth-order valence-corrected chi connectivity index (χ4v) is 7.59. The van der Waals surface area contributed by atoms with Crippen molar-refractivity contribution >= 4 is 33.2 Å². The lowest BCUT2D eigenvalue weighted by atomic mass is 9.95. The van der Waals surface area contributed by atoms with Gasteiger partial charge in [0.1, 0.15) is 10.4 Å². The molecule has 3 aromatic rings. The van der Waals surface area contributed by atoms with E-state index in [0.717, 1.165) is 65.8 Å². The third kappa shape index (κ3) is 6.47. The van der Waals surface area contributed by atoms with Crippen molar-refractivity contribution in [1.29, 1.82) is 0 Å². The van der Waals surface area contributed by atoms with E-state index in [0.29, 0.717) is 12.2 Å². The number of amides is 1. The zero-order valence-electron chi connectivity index (χ0n) is 23.8. The van der Waals surface area contributed by atoms with Crippen molar-refractivity contribution in [2.45, 2.75) is 76.9 Å². The van der Waals surface area contributed by atoms with Gasteiger partial charge in [-0.25, -0.2) is 4.98 Å². The minimum Gasteiger partial charge on any atom is -0.597 e. The van der Waals surface area contributed by atoms with Crippen LogP contribution in [0.2, 0.25) is 0 Å².